The molecule has 1 saturated carbocycles. The summed E-state index contributed by atoms with van der Waals surface area (Å²) in [5.41, 5.74) is -0.0926. The summed E-state index contributed by atoms with van der Waals surface area (Å²) in [5, 5.41) is 16.4. The zero-order valence-corrected chi connectivity index (χ0v) is 9.92. The minimum absolute atomic E-state index is 0.470. The van der Waals surface area contributed by atoms with Gasteiger partial charge in [0.1, 0.15) is 17.7 Å². The first-order chi connectivity index (χ1) is 8.61. The van der Waals surface area contributed by atoms with E-state index >= 15 is 0 Å². The number of hydrogen-bond donors (Lipinski definition) is 2. The Labute approximate surface area is 103 Å². The van der Waals surface area contributed by atoms with Crippen LogP contribution in [0.4, 0.5) is 5.82 Å². The van der Waals surface area contributed by atoms with Crippen molar-refractivity contribution in [3.8, 4) is 0 Å². The predicted octanol–water partition coefficient (Wildman–Crippen LogP) is 0.852. The van der Waals surface area contributed by atoms with Crippen LogP contribution in [0.3, 0.4) is 0 Å². The summed E-state index contributed by atoms with van der Waals surface area (Å²) in [5.74, 6) is 0.269. The molecule has 0 aromatic carbocycles. The minimum Gasteiger partial charge on any atom is -0.480 e. The molecule has 2 N–H and O–H groups in total. The van der Waals surface area contributed by atoms with Crippen LogP contribution in [-0.2, 0) is 4.79 Å². The number of rotatable bonds is 3. The fourth-order valence-electron chi connectivity index (χ4n) is 2.19. The topological polar surface area (TPSA) is 92.4 Å². The second-order valence-corrected chi connectivity index (χ2v) is 4.62. The third kappa shape index (κ3) is 1.51. The van der Waals surface area contributed by atoms with Gasteiger partial charge in [-0.2, -0.15) is 14.6 Å². The van der Waals surface area contributed by atoms with E-state index < -0.39 is 11.5 Å². The average Bonchev–Trinajstić information content (AvgIpc) is 2.70. The van der Waals surface area contributed by atoms with E-state index in [1.165, 1.54) is 10.8 Å². The van der Waals surface area contributed by atoms with E-state index in [-0.39, 0.29) is 0 Å². The smallest absolute Gasteiger partial charge is 0.329 e. The Hall–Kier alpha value is -2.18. The van der Waals surface area contributed by atoms with Gasteiger partial charge < -0.3 is 10.4 Å². The molecule has 0 bridgehead atoms. The number of nitrogens with zero attached hydrogens (tertiary/aromatic N) is 4. The lowest BCUT2D eigenvalue weighted by Gasteiger charge is -2.38. The van der Waals surface area contributed by atoms with Crippen molar-refractivity contribution in [3.63, 3.8) is 0 Å². The van der Waals surface area contributed by atoms with E-state index in [0.717, 1.165) is 12.1 Å². The van der Waals surface area contributed by atoms with Crippen LogP contribution >= 0.6 is 0 Å². The molecule has 2 heterocycles. The van der Waals surface area contributed by atoms with Gasteiger partial charge in [0.2, 0.25) is 0 Å². The zero-order valence-electron chi connectivity index (χ0n) is 9.92. The Morgan fingerprint density at radius 2 is 2.33 bits per heavy atom. The summed E-state index contributed by atoms with van der Waals surface area (Å²) in [6, 6.07) is 1.78. The molecule has 0 radical (unpaired) electrons. The number of carbonyl (C=O) groups is 1. The quantitative estimate of drug-likeness (QED) is 0.835. The Morgan fingerprint density at radius 3 is 2.94 bits per heavy atom. The lowest BCUT2D eigenvalue weighted by atomic mass is 9.77. The van der Waals surface area contributed by atoms with E-state index in [4.69, 9.17) is 0 Å². The lowest BCUT2D eigenvalue weighted by Crippen LogP contribution is -2.52. The summed E-state index contributed by atoms with van der Waals surface area (Å²) >= 11 is 0. The third-order valence-corrected chi connectivity index (χ3v) is 3.36. The highest BCUT2D eigenvalue weighted by Crippen LogP contribution is 2.35. The molecule has 0 aliphatic heterocycles. The first kappa shape index (κ1) is 10.9. The molecule has 2 aromatic rings. The molecule has 94 valence electrons. The molecule has 7 nitrogen and oxygen atoms in total. The Morgan fingerprint density at radius 1 is 1.56 bits per heavy atom. The van der Waals surface area contributed by atoms with Gasteiger partial charge in [-0.25, -0.2) is 9.78 Å². The van der Waals surface area contributed by atoms with Crippen LogP contribution in [0.1, 0.15) is 25.0 Å². The Kier molecular flexibility index (Phi) is 2.22. The maximum Gasteiger partial charge on any atom is 0.329 e. The van der Waals surface area contributed by atoms with Crippen LogP contribution < -0.4 is 5.32 Å². The molecule has 0 saturated heterocycles. The van der Waals surface area contributed by atoms with Gasteiger partial charge in [0.05, 0.1) is 0 Å². The number of aliphatic carboxylic acids is 1. The van der Waals surface area contributed by atoms with Gasteiger partial charge in [0, 0.05) is 11.8 Å². The second kappa shape index (κ2) is 3.66. The zero-order chi connectivity index (χ0) is 12.8. The molecule has 1 aliphatic rings. The van der Waals surface area contributed by atoms with E-state index in [1.54, 1.807) is 6.07 Å². The molecule has 2 aromatic heterocycles. The first-order valence-electron chi connectivity index (χ1n) is 5.80. The molecule has 18 heavy (non-hydrogen) atoms. The monoisotopic (exact) mass is 247 g/mol. The Balaban J connectivity index is 2.04. The number of carboxylic acids is 1. The van der Waals surface area contributed by atoms with Crippen LogP contribution in [-0.4, -0.2) is 36.2 Å². The van der Waals surface area contributed by atoms with Crippen LogP contribution in [0.25, 0.3) is 5.78 Å². The standard InChI is InChI=1S/C11H13N5O2/c1-7-5-8(16-10(14-7)12-6-13-16)15-11(9(17)18)3-2-4-11/h5-6,15H,2-4H2,1H3,(H,17,18). The predicted molar refractivity (Wildman–Crippen MR) is 63.4 cm³/mol. The van der Waals surface area contributed by atoms with Gasteiger partial charge >= 0.3 is 5.97 Å². The van der Waals surface area contributed by atoms with Gasteiger partial charge in [-0.15, -0.1) is 0 Å². The molecule has 0 unspecified atom stereocenters. The maximum absolute atomic E-state index is 11.3. The summed E-state index contributed by atoms with van der Waals surface area (Å²) in [7, 11) is 0. The molecular weight excluding hydrogens is 234 g/mol. The number of anilines is 1. The lowest BCUT2D eigenvalue weighted by molar-refractivity contribution is -0.145. The van der Waals surface area contributed by atoms with Crippen molar-refractivity contribution in [1.82, 2.24) is 19.6 Å². The average molecular weight is 247 g/mol. The number of hydrogen-bond acceptors (Lipinski definition) is 5. The van der Waals surface area contributed by atoms with Crippen molar-refractivity contribution in [2.45, 2.75) is 31.7 Å². The summed E-state index contributed by atoms with van der Waals surface area (Å²) in [6.07, 6.45) is 3.57. The number of fused-ring (bicyclic) bond motifs is 1. The molecular formula is C11H13N5O2. The molecule has 0 amide bonds. The number of nitrogens with one attached hydrogen (secondary N) is 1. The van der Waals surface area contributed by atoms with Crippen molar-refractivity contribution in [2.24, 2.45) is 0 Å². The van der Waals surface area contributed by atoms with Gasteiger partial charge in [0.25, 0.3) is 5.78 Å². The fourth-order valence-corrected chi connectivity index (χ4v) is 2.19. The molecule has 3 rings (SSSR count). The second-order valence-electron chi connectivity index (χ2n) is 4.62. The fraction of sp³-hybridized carbons (Fsp3) is 0.455. The van der Waals surface area contributed by atoms with Crippen molar-refractivity contribution < 1.29 is 9.90 Å². The number of carboxylic acid groups (broad SMARTS) is 1. The van der Waals surface area contributed by atoms with E-state index in [0.29, 0.717) is 24.4 Å². The number of aryl methyl sites for hydroxylation is 1. The number of aromatic nitrogens is 4. The molecule has 0 spiro atoms. The highest BCUT2D eigenvalue weighted by atomic mass is 16.4. The normalized spacial score (nSPS) is 17.4. The van der Waals surface area contributed by atoms with E-state index in [9.17, 15) is 9.90 Å². The summed E-state index contributed by atoms with van der Waals surface area (Å²) in [6.45, 7) is 1.84. The van der Waals surface area contributed by atoms with Crippen LogP contribution in [0.15, 0.2) is 12.4 Å². The van der Waals surface area contributed by atoms with Gasteiger partial charge in [-0.3, -0.25) is 0 Å². The molecule has 1 aliphatic carbocycles. The maximum atomic E-state index is 11.3. The largest absolute Gasteiger partial charge is 0.480 e. The highest BCUT2D eigenvalue weighted by Gasteiger charge is 2.44. The van der Waals surface area contributed by atoms with Gasteiger partial charge in [0.15, 0.2) is 0 Å². The van der Waals surface area contributed by atoms with E-state index in [2.05, 4.69) is 20.4 Å². The van der Waals surface area contributed by atoms with E-state index in [1.807, 2.05) is 6.92 Å². The summed E-state index contributed by atoms with van der Waals surface area (Å²) < 4.78 is 1.52. The summed E-state index contributed by atoms with van der Waals surface area (Å²) in [4.78, 5) is 19.6. The van der Waals surface area contributed by atoms with Crippen LogP contribution in [0, 0.1) is 6.92 Å². The minimum atomic E-state index is -0.868. The molecule has 1 fully saturated rings. The van der Waals surface area contributed by atoms with Crippen LogP contribution in [0.5, 0.6) is 0 Å². The molecule has 0 atom stereocenters. The van der Waals surface area contributed by atoms with Crippen molar-refractivity contribution in [2.75, 3.05) is 5.32 Å². The van der Waals surface area contributed by atoms with Gasteiger partial charge in [-0.05, 0) is 26.2 Å². The first-order valence-corrected chi connectivity index (χ1v) is 5.80. The third-order valence-electron chi connectivity index (χ3n) is 3.36. The molecule has 7 heteroatoms. The van der Waals surface area contributed by atoms with Crippen molar-refractivity contribution in [1.29, 1.82) is 0 Å². The highest BCUT2D eigenvalue weighted by molar-refractivity contribution is 5.83. The SMILES string of the molecule is Cc1cc(NC2(C(=O)O)CCC2)n2ncnc2n1. The van der Waals surface area contributed by atoms with Gasteiger partial charge in [-0.1, -0.05) is 0 Å². The van der Waals surface area contributed by atoms with Crippen molar-refractivity contribution >= 4 is 17.6 Å². The Bertz CT molecular complexity index is 617. The van der Waals surface area contributed by atoms with Crippen molar-refractivity contribution in [3.05, 3.63) is 18.1 Å². The van der Waals surface area contributed by atoms with Crippen LogP contribution in [0.2, 0.25) is 0 Å².